The largest absolute Gasteiger partial charge is 0.370 e. The molecule has 1 aliphatic rings. The van der Waals surface area contributed by atoms with Crippen molar-refractivity contribution < 1.29 is 4.79 Å². The van der Waals surface area contributed by atoms with Gasteiger partial charge in [0.05, 0.1) is 11.9 Å². The maximum Gasteiger partial charge on any atom is 0.246 e. The maximum atomic E-state index is 12.5. The zero-order valence-corrected chi connectivity index (χ0v) is 15.5. The van der Waals surface area contributed by atoms with Gasteiger partial charge in [-0.25, -0.2) is 9.97 Å². The van der Waals surface area contributed by atoms with E-state index in [2.05, 4.69) is 27.3 Å². The number of carbonyl (C=O) groups excluding carboxylic acids is 1. The number of aryl methyl sites for hydroxylation is 1. The van der Waals surface area contributed by atoms with E-state index in [9.17, 15) is 4.79 Å². The molecule has 26 heavy (non-hydrogen) atoms. The first kappa shape index (κ1) is 18.1. The zero-order valence-electron chi connectivity index (χ0n) is 15.5. The van der Waals surface area contributed by atoms with E-state index in [0.717, 1.165) is 54.9 Å². The average molecular weight is 354 g/mol. The Balaban J connectivity index is 1.64. The van der Waals surface area contributed by atoms with Crippen molar-refractivity contribution >= 4 is 17.8 Å². The number of hydrogen-bond donors (Lipinski definition) is 1. The van der Waals surface area contributed by atoms with Gasteiger partial charge in [-0.05, 0) is 18.9 Å². The van der Waals surface area contributed by atoms with Gasteiger partial charge in [0.1, 0.15) is 12.1 Å². The topological polar surface area (TPSA) is 75.9 Å². The van der Waals surface area contributed by atoms with Crippen molar-refractivity contribution in [3.63, 3.8) is 0 Å². The van der Waals surface area contributed by atoms with Crippen LogP contribution in [0.1, 0.15) is 36.6 Å². The summed E-state index contributed by atoms with van der Waals surface area (Å²) in [5.74, 6) is 0.943. The molecule has 0 bridgehead atoms. The summed E-state index contributed by atoms with van der Waals surface area (Å²) in [6.45, 7) is 4.44. The fraction of sp³-hybridized carbons (Fsp3) is 0.474. The molecule has 0 aromatic carbocycles. The molecular weight excluding hydrogens is 328 g/mol. The second-order valence-corrected chi connectivity index (χ2v) is 6.53. The molecule has 0 saturated carbocycles. The van der Waals surface area contributed by atoms with Gasteiger partial charge < -0.3 is 10.2 Å². The van der Waals surface area contributed by atoms with Gasteiger partial charge in [-0.2, -0.15) is 5.10 Å². The highest BCUT2D eigenvalue weighted by Crippen LogP contribution is 2.20. The van der Waals surface area contributed by atoms with E-state index in [1.807, 2.05) is 24.2 Å². The number of fused-ring (bicyclic) bond motifs is 1. The number of hydrogen-bond acceptors (Lipinski definition) is 5. The normalized spacial score (nSPS) is 14.3. The van der Waals surface area contributed by atoms with Crippen molar-refractivity contribution in [2.45, 2.75) is 32.6 Å². The third kappa shape index (κ3) is 4.47. The van der Waals surface area contributed by atoms with Crippen LogP contribution in [0.5, 0.6) is 0 Å². The monoisotopic (exact) mass is 354 g/mol. The molecule has 7 nitrogen and oxygen atoms in total. The molecule has 0 spiro atoms. The van der Waals surface area contributed by atoms with Gasteiger partial charge in [0.25, 0.3) is 0 Å². The standard InChI is InChI=1S/C19H26N6O/c1-3-4-9-20-19-16-7-10-25(11-8-17(16)21-14-22-19)18(26)6-5-15-12-23-24(2)13-15/h5-6,12-14H,3-4,7-11H2,1-2H3,(H,20,21,22)/b6-5+. The second kappa shape index (κ2) is 8.60. The number of nitrogens with one attached hydrogen (secondary N) is 1. The molecule has 0 saturated heterocycles. The Labute approximate surface area is 154 Å². The number of rotatable bonds is 6. The Morgan fingerprint density at radius 2 is 2.15 bits per heavy atom. The molecule has 3 rings (SSSR count). The Morgan fingerprint density at radius 3 is 2.92 bits per heavy atom. The van der Waals surface area contributed by atoms with Crippen LogP contribution in [0.15, 0.2) is 24.8 Å². The van der Waals surface area contributed by atoms with E-state index < -0.39 is 0 Å². The molecule has 138 valence electrons. The van der Waals surface area contributed by atoms with Crippen LogP contribution < -0.4 is 5.32 Å². The number of amides is 1. The summed E-state index contributed by atoms with van der Waals surface area (Å²) in [6, 6.07) is 0. The minimum Gasteiger partial charge on any atom is -0.370 e. The lowest BCUT2D eigenvalue weighted by molar-refractivity contribution is -0.125. The molecule has 0 unspecified atom stereocenters. The van der Waals surface area contributed by atoms with Crippen molar-refractivity contribution in [2.24, 2.45) is 7.05 Å². The molecule has 0 fully saturated rings. The molecule has 3 heterocycles. The van der Waals surface area contributed by atoms with E-state index in [-0.39, 0.29) is 5.91 Å². The van der Waals surface area contributed by atoms with E-state index in [4.69, 9.17) is 0 Å². The number of nitrogens with zero attached hydrogens (tertiary/aromatic N) is 5. The molecule has 1 aliphatic heterocycles. The van der Waals surface area contributed by atoms with Crippen molar-refractivity contribution in [3.05, 3.63) is 41.6 Å². The van der Waals surface area contributed by atoms with E-state index in [0.29, 0.717) is 13.1 Å². The quantitative estimate of drug-likeness (QED) is 0.635. The first-order valence-electron chi connectivity index (χ1n) is 9.19. The van der Waals surface area contributed by atoms with Crippen LogP contribution in [0.3, 0.4) is 0 Å². The van der Waals surface area contributed by atoms with Gasteiger partial charge in [0, 0.05) is 56.5 Å². The lowest BCUT2D eigenvalue weighted by atomic mass is 10.1. The fourth-order valence-electron chi connectivity index (χ4n) is 3.08. The molecule has 2 aromatic heterocycles. The van der Waals surface area contributed by atoms with Gasteiger partial charge in [0.15, 0.2) is 0 Å². The average Bonchev–Trinajstić information content (AvgIpc) is 2.93. The van der Waals surface area contributed by atoms with Gasteiger partial charge in [-0.3, -0.25) is 9.48 Å². The first-order valence-corrected chi connectivity index (χ1v) is 9.19. The molecule has 1 N–H and O–H groups in total. The summed E-state index contributed by atoms with van der Waals surface area (Å²) >= 11 is 0. The van der Waals surface area contributed by atoms with E-state index in [1.54, 1.807) is 23.3 Å². The SMILES string of the molecule is CCCCNc1ncnc2c1CCN(C(=O)/C=C/c1cnn(C)c1)CC2. The van der Waals surface area contributed by atoms with Crippen LogP contribution in [0.2, 0.25) is 0 Å². The third-order valence-electron chi connectivity index (χ3n) is 4.56. The second-order valence-electron chi connectivity index (χ2n) is 6.53. The summed E-state index contributed by atoms with van der Waals surface area (Å²) in [5, 5.41) is 7.52. The lowest BCUT2D eigenvalue weighted by Crippen LogP contribution is -2.31. The van der Waals surface area contributed by atoms with Crippen LogP contribution in [-0.2, 0) is 24.7 Å². The summed E-state index contributed by atoms with van der Waals surface area (Å²) in [7, 11) is 1.86. The van der Waals surface area contributed by atoms with Gasteiger partial charge in [0.2, 0.25) is 5.91 Å². The maximum absolute atomic E-state index is 12.5. The summed E-state index contributed by atoms with van der Waals surface area (Å²) in [4.78, 5) is 23.3. The van der Waals surface area contributed by atoms with E-state index >= 15 is 0 Å². The van der Waals surface area contributed by atoms with Crippen LogP contribution >= 0.6 is 0 Å². The first-order chi connectivity index (χ1) is 12.7. The predicted octanol–water partition coefficient (Wildman–Crippen LogP) is 2.06. The Hall–Kier alpha value is -2.70. The van der Waals surface area contributed by atoms with Crippen molar-refractivity contribution in [3.8, 4) is 0 Å². The minimum absolute atomic E-state index is 0.0233. The van der Waals surface area contributed by atoms with Gasteiger partial charge >= 0.3 is 0 Å². The number of unbranched alkanes of at least 4 members (excludes halogenated alkanes) is 1. The summed E-state index contributed by atoms with van der Waals surface area (Å²) in [5.41, 5.74) is 3.12. The Bertz CT molecular complexity index is 782. The fourth-order valence-corrected chi connectivity index (χ4v) is 3.08. The van der Waals surface area contributed by atoms with Crippen LogP contribution in [0.4, 0.5) is 5.82 Å². The Morgan fingerprint density at radius 1 is 1.31 bits per heavy atom. The van der Waals surface area contributed by atoms with Crippen LogP contribution in [0, 0.1) is 0 Å². The highest BCUT2D eigenvalue weighted by atomic mass is 16.2. The molecule has 1 amide bonds. The Kier molecular flexibility index (Phi) is 5.99. The zero-order chi connectivity index (χ0) is 18.4. The molecule has 0 atom stereocenters. The highest BCUT2D eigenvalue weighted by Gasteiger charge is 2.20. The van der Waals surface area contributed by atoms with Crippen molar-refractivity contribution in [1.29, 1.82) is 0 Å². The third-order valence-corrected chi connectivity index (χ3v) is 4.56. The summed E-state index contributed by atoms with van der Waals surface area (Å²) in [6.07, 6.45) is 12.5. The molecule has 0 aliphatic carbocycles. The van der Waals surface area contributed by atoms with Crippen molar-refractivity contribution in [2.75, 3.05) is 25.0 Å². The van der Waals surface area contributed by atoms with Crippen LogP contribution in [0.25, 0.3) is 6.08 Å². The predicted molar refractivity (Wildman–Crippen MR) is 102 cm³/mol. The lowest BCUT2D eigenvalue weighted by Gasteiger charge is -2.18. The van der Waals surface area contributed by atoms with Crippen molar-refractivity contribution in [1.82, 2.24) is 24.6 Å². The smallest absolute Gasteiger partial charge is 0.246 e. The number of anilines is 1. The number of carbonyl (C=O) groups is 1. The van der Waals surface area contributed by atoms with Gasteiger partial charge in [-0.1, -0.05) is 13.3 Å². The molecule has 7 heteroatoms. The van der Waals surface area contributed by atoms with Gasteiger partial charge in [-0.15, -0.1) is 0 Å². The van der Waals surface area contributed by atoms with E-state index in [1.165, 1.54) is 0 Å². The minimum atomic E-state index is 0.0233. The molecule has 0 radical (unpaired) electrons. The van der Waals surface area contributed by atoms with Crippen LogP contribution in [-0.4, -0.2) is 50.2 Å². The highest BCUT2D eigenvalue weighted by molar-refractivity contribution is 5.91. The molecule has 2 aromatic rings. The molecular formula is C19H26N6O. The summed E-state index contributed by atoms with van der Waals surface area (Å²) < 4.78 is 1.72. The number of aromatic nitrogens is 4.